The highest BCUT2D eigenvalue weighted by atomic mass is 16.5. The zero-order valence-electron chi connectivity index (χ0n) is 37.5. The number of amides is 1. The summed E-state index contributed by atoms with van der Waals surface area (Å²) >= 11 is 0. The largest absolute Gasteiger partial charge is 0.379 e. The van der Waals surface area contributed by atoms with Gasteiger partial charge in [0.2, 0.25) is 5.91 Å². The maximum atomic E-state index is 11.0. The van der Waals surface area contributed by atoms with E-state index in [1.165, 1.54) is 71.2 Å². The number of unbranched alkanes of at least 4 members (excludes halogenated alkanes) is 2. The number of carbonyl (C=O) groups is 1. The van der Waals surface area contributed by atoms with Gasteiger partial charge < -0.3 is 63.6 Å². The van der Waals surface area contributed by atoms with Crippen molar-refractivity contribution < 1.29 is 9.53 Å². The van der Waals surface area contributed by atoms with Crippen LogP contribution in [0.25, 0.3) is 0 Å². The average molecular weight is 791 g/mol. The minimum Gasteiger partial charge on any atom is -0.379 e. The van der Waals surface area contributed by atoms with Crippen LogP contribution in [0.1, 0.15) is 98.3 Å². The fourth-order valence-electron chi connectivity index (χ4n) is 5.96. The number of carbonyl (C=O) groups excluding carboxylic acids is 1. The van der Waals surface area contributed by atoms with E-state index in [9.17, 15) is 4.79 Å². The predicted octanol–water partition coefficient (Wildman–Crippen LogP) is 1.70. The molecular weight excluding hydrogens is 693 g/mol. The number of hydrogen-bond acceptors (Lipinski definition) is 13. The average Bonchev–Trinajstić information content (AvgIpc) is 3.88. The Morgan fingerprint density at radius 2 is 1.02 bits per heavy atom. The van der Waals surface area contributed by atoms with Crippen LogP contribution in [0.4, 0.5) is 0 Å². The third-order valence-corrected chi connectivity index (χ3v) is 9.48. The molecule has 0 atom stereocenters. The van der Waals surface area contributed by atoms with Gasteiger partial charge in [0.1, 0.15) is 0 Å². The molecule has 3 aliphatic heterocycles. The number of likely N-dealkylation sites (N-methyl/N-ethyl adjacent to an activating group) is 1. The van der Waals surface area contributed by atoms with E-state index in [2.05, 4.69) is 66.3 Å². The highest BCUT2D eigenvalue weighted by Gasteiger charge is 2.18. The number of nitrogens with two attached hydrogens (primary N) is 6. The van der Waals surface area contributed by atoms with Crippen LogP contribution in [0.3, 0.4) is 0 Å². The summed E-state index contributed by atoms with van der Waals surface area (Å²) in [4.78, 5) is 24.6. The lowest BCUT2D eigenvalue weighted by molar-refractivity contribution is -0.127. The van der Waals surface area contributed by atoms with Gasteiger partial charge in [-0.15, -0.1) is 0 Å². The summed E-state index contributed by atoms with van der Waals surface area (Å²) in [6.07, 6.45) is 13.0. The second-order valence-corrected chi connectivity index (χ2v) is 14.7. The molecule has 12 N–H and O–H groups in total. The highest BCUT2D eigenvalue weighted by Crippen LogP contribution is 2.09. The molecule has 0 aromatic carbocycles. The molecule has 0 bridgehead atoms. The second kappa shape index (κ2) is 47.4. The first-order chi connectivity index (χ1) is 26.7. The highest BCUT2D eigenvalue weighted by molar-refractivity contribution is 5.77. The fraction of sp³-hybridized carbons (Fsp3) is 0.976. The minimum atomic E-state index is 0.299. The number of morpholine rings is 1. The van der Waals surface area contributed by atoms with Crippen LogP contribution in [0.15, 0.2) is 0 Å². The van der Waals surface area contributed by atoms with E-state index in [-0.39, 0.29) is 0 Å². The summed E-state index contributed by atoms with van der Waals surface area (Å²) in [7, 11) is 4.10. The molecule has 55 heavy (non-hydrogen) atoms. The summed E-state index contributed by atoms with van der Waals surface area (Å²) in [5, 5.41) is 0. The van der Waals surface area contributed by atoms with Gasteiger partial charge in [0.05, 0.1) is 13.2 Å². The van der Waals surface area contributed by atoms with Crippen molar-refractivity contribution in [2.24, 2.45) is 34.4 Å². The van der Waals surface area contributed by atoms with Gasteiger partial charge in [0, 0.05) is 71.9 Å². The smallest absolute Gasteiger partial charge is 0.222 e. The fourth-order valence-corrected chi connectivity index (χ4v) is 5.96. The molecule has 334 valence electrons. The van der Waals surface area contributed by atoms with Crippen molar-refractivity contribution in [3.05, 3.63) is 0 Å². The van der Waals surface area contributed by atoms with Gasteiger partial charge in [-0.1, -0.05) is 40.5 Å². The van der Waals surface area contributed by atoms with Crippen LogP contribution < -0.4 is 34.4 Å². The molecule has 3 aliphatic rings. The zero-order chi connectivity index (χ0) is 41.8. The summed E-state index contributed by atoms with van der Waals surface area (Å²) in [5.41, 5.74) is 32.2. The van der Waals surface area contributed by atoms with E-state index in [0.717, 1.165) is 143 Å². The van der Waals surface area contributed by atoms with Crippen LogP contribution in [0, 0.1) is 0 Å². The number of likely N-dealkylation sites (tertiary alicyclic amines) is 2. The zero-order valence-corrected chi connectivity index (χ0v) is 37.5. The van der Waals surface area contributed by atoms with Crippen LogP contribution in [0.2, 0.25) is 0 Å². The first-order valence-electron chi connectivity index (χ1n) is 22.3. The first-order valence-corrected chi connectivity index (χ1v) is 22.3. The van der Waals surface area contributed by atoms with Gasteiger partial charge in [-0.2, -0.15) is 0 Å². The standard InChI is InChI=1S/C11H26N2.C7H14N2O.C6H14N2O.C6H14N2.C6H16N2.C5H14N2/c1-3-5-9-13(10-6-4-2)11-7-8-12;8-4-2-6-9-5-1-3-7(9)10;7-1-2-8-3-5-9-6-4-8;7-3-6-8-4-1-2-5-8;1-3-8(4-2)6-5-7;1-7(2)5-3-4-6/h3-12H2,1-2H3;1-6,8H2;1-7H2;1-7H2;3-7H2,1-2H3;3-6H2,1-2H3. The van der Waals surface area contributed by atoms with Crippen LogP contribution >= 0.6 is 0 Å². The van der Waals surface area contributed by atoms with Crippen LogP contribution in [-0.4, -0.2) is 200 Å². The predicted molar refractivity (Wildman–Crippen MR) is 240 cm³/mol. The molecule has 3 rings (SSSR count). The Bertz CT molecular complexity index is 700. The Labute approximate surface area is 341 Å². The molecule has 3 fully saturated rings. The molecule has 0 unspecified atom stereocenters. The number of hydrogen-bond donors (Lipinski definition) is 6. The quantitative estimate of drug-likeness (QED) is 0.0875. The maximum Gasteiger partial charge on any atom is 0.222 e. The Balaban J connectivity index is -0.000000597. The Hall–Kier alpha value is -1.01. The van der Waals surface area contributed by atoms with Gasteiger partial charge in [-0.05, 0) is 137 Å². The van der Waals surface area contributed by atoms with E-state index >= 15 is 0 Å². The second-order valence-electron chi connectivity index (χ2n) is 14.7. The topological polar surface area (TPSA) is 202 Å². The van der Waals surface area contributed by atoms with Gasteiger partial charge in [0.15, 0.2) is 0 Å². The van der Waals surface area contributed by atoms with Crippen molar-refractivity contribution >= 4 is 5.91 Å². The van der Waals surface area contributed by atoms with Crippen LogP contribution in [-0.2, 0) is 9.53 Å². The van der Waals surface area contributed by atoms with E-state index in [4.69, 9.17) is 39.1 Å². The lowest BCUT2D eigenvalue weighted by atomic mass is 10.2. The lowest BCUT2D eigenvalue weighted by Gasteiger charge is -2.25. The number of rotatable bonds is 23. The van der Waals surface area contributed by atoms with Gasteiger partial charge >= 0.3 is 0 Å². The van der Waals surface area contributed by atoms with E-state index in [0.29, 0.717) is 12.5 Å². The molecule has 3 saturated heterocycles. The van der Waals surface area contributed by atoms with Crippen molar-refractivity contribution in [1.82, 2.24) is 29.4 Å². The summed E-state index contributed by atoms with van der Waals surface area (Å²) in [5.74, 6) is 0.299. The van der Waals surface area contributed by atoms with Gasteiger partial charge in [-0.25, -0.2) is 0 Å². The lowest BCUT2D eigenvalue weighted by Crippen LogP contribution is -2.39. The first kappa shape index (κ1) is 58.3. The van der Waals surface area contributed by atoms with Crippen molar-refractivity contribution in [3.8, 4) is 0 Å². The minimum absolute atomic E-state index is 0.299. The Morgan fingerprint density at radius 3 is 1.38 bits per heavy atom. The summed E-state index contributed by atoms with van der Waals surface area (Å²) in [6.45, 7) is 31.9. The van der Waals surface area contributed by atoms with Crippen molar-refractivity contribution in [3.63, 3.8) is 0 Å². The molecule has 0 aromatic heterocycles. The number of ether oxygens (including phenoxy) is 1. The Morgan fingerprint density at radius 1 is 0.527 bits per heavy atom. The van der Waals surface area contributed by atoms with Gasteiger partial charge in [-0.3, -0.25) is 9.69 Å². The normalized spacial score (nSPS) is 15.7. The van der Waals surface area contributed by atoms with E-state index < -0.39 is 0 Å². The van der Waals surface area contributed by atoms with Crippen LogP contribution in [0.5, 0.6) is 0 Å². The summed E-state index contributed by atoms with van der Waals surface area (Å²) in [6, 6.07) is 0. The monoisotopic (exact) mass is 791 g/mol. The molecule has 0 radical (unpaired) electrons. The van der Waals surface area contributed by atoms with Crippen molar-refractivity contribution in [2.75, 3.05) is 165 Å². The SMILES string of the molecule is CCCCN(CCCC)CCCN.CCN(CC)CCN.CN(C)CCCN.NCCCN1CCCC1=O.NCCN1CCCC1.NCCN1CCOCC1. The molecule has 3 heterocycles. The van der Waals surface area contributed by atoms with Crippen molar-refractivity contribution in [2.45, 2.75) is 98.3 Å². The molecule has 14 heteroatoms. The van der Waals surface area contributed by atoms with E-state index in [1.807, 2.05) is 4.90 Å². The molecule has 0 aliphatic carbocycles. The Kier molecular flexibility index (Phi) is 50.2. The molecular formula is C41H98N12O2. The molecule has 0 saturated carbocycles. The maximum absolute atomic E-state index is 11.0. The molecule has 14 nitrogen and oxygen atoms in total. The van der Waals surface area contributed by atoms with Crippen molar-refractivity contribution in [1.29, 1.82) is 0 Å². The van der Waals surface area contributed by atoms with E-state index in [1.54, 1.807) is 0 Å². The summed E-state index contributed by atoms with van der Waals surface area (Å²) < 4.78 is 5.16. The van der Waals surface area contributed by atoms with Gasteiger partial charge in [0.25, 0.3) is 0 Å². The number of nitrogens with zero attached hydrogens (tertiary/aromatic N) is 6. The third kappa shape index (κ3) is 42.4. The molecule has 1 amide bonds. The third-order valence-electron chi connectivity index (χ3n) is 9.48. The molecule has 0 spiro atoms. The molecule has 0 aromatic rings.